The summed E-state index contributed by atoms with van der Waals surface area (Å²) in [7, 11) is 0. The normalized spacial score (nSPS) is 10.4. The quantitative estimate of drug-likeness (QED) is 0.788. The van der Waals surface area contributed by atoms with Gasteiger partial charge in [-0.3, -0.25) is 9.36 Å². The summed E-state index contributed by atoms with van der Waals surface area (Å²) >= 11 is 0. The summed E-state index contributed by atoms with van der Waals surface area (Å²) in [6, 6.07) is 3.88. The SMILES string of the molecule is CCCCCC(=O)NCc1ccc(-n2ccnc2)nc1. The molecule has 0 unspecified atom stereocenters. The van der Waals surface area contributed by atoms with Crippen molar-refractivity contribution in [3.63, 3.8) is 0 Å². The number of unbranched alkanes of at least 4 members (excludes halogenated alkanes) is 2. The number of nitrogens with one attached hydrogen (secondary N) is 1. The minimum absolute atomic E-state index is 0.108. The van der Waals surface area contributed by atoms with Gasteiger partial charge in [-0.05, 0) is 18.1 Å². The number of amides is 1. The third-order valence-corrected chi connectivity index (χ3v) is 3.08. The number of carbonyl (C=O) groups excluding carboxylic acids is 1. The second-order valence-corrected chi connectivity index (χ2v) is 4.73. The number of carbonyl (C=O) groups is 1. The van der Waals surface area contributed by atoms with Gasteiger partial charge in [-0.1, -0.05) is 25.8 Å². The fourth-order valence-electron chi connectivity index (χ4n) is 1.89. The highest BCUT2D eigenvalue weighted by Gasteiger charge is 2.02. The predicted molar refractivity (Wildman–Crippen MR) is 77.3 cm³/mol. The van der Waals surface area contributed by atoms with Crippen LogP contribution in [0.3, 0.4) is 0 Å². The van der Waals surface area contributed by atoms with Crippen molar-refractivity contribution in [1.29, 1.82) is 0 Å². The van der Waals surface area contributed by atoms with Crippen LogP contribution in [0.2, 0.25) is 0 Å². The number of pyridine rings is 1. The Morgan fingerprint density at radius 2 is 2.25 bits per heavy atom. The van der Waals surface area contributed by atoms with Crippen molar-refractivity contribution in [3.05, 3.63) is 42.6 Å². The summed E-state index contributed by atoms with van der Waals surface area (Å²) in [5.74, 6) is 0.928. The van der Waals surface area contributed by atoms with Crippen molar-refractivity contribution in [2.45, 2.75) is 39.2 Å². The van der Waals surface area contributed by atoms with Crippen LogP contribution in [-0.4, -0.2) is 20.4 Å². The van der Waals surface area contributed by atoms with Gasteiger partial charge < -0.3 is 5.32 Å². The highest BCUT2D eigenvalue weighted by molar-refractivity contribution is 5.75. The molecule has 0 saturated heterocycles. The van der Waals surface area contributed by atoms with Crippen LogP contribution in [0.5, 0.6) is 0 Å². The Morgan fingerprint density at radius 1 is 1.35 bits per heavy atom. The van der Waals surface area contributed by atoms with Gasteiger partial charge in [0.05, 0.1) is 0 Å². The van der Waals surface area contributed by atoms with Crippen LogP contribution in [0.25, 0.3) is 5.82 Å². The monoisotopic (exact) mass is 272 g/mol. The van der Waals surface area contributed by atoms with Crippen molar-refractivity contribution in [1.82, 2.24) is 19.9 Å². The molecule has 0 aromatic carbocycles. The van der Waals surface area contributed by atoms with Gasteiger partial charge in [-0.15, -0.1) is 0 Å². The molecule has 2 aromatic rings. The molecule has 2 rings (SSSR count). The standard InChI is InChI=1S/C15H20N4O/c1-2-3-4-5-15(20)18-11-13-6-7-14(17-10-13)19-9-8-16-12-19/h6-10,12H,2-5,11H2,1H3,(H,18,20). The van der Waals surface area contributed by atoms with E-state index in [2.05, 4.69) is 22.2 Å². The molecule has 1 amide bonds. The lowest BCUT2D eigenvalue weighted by atomic mass is 10.2. The van der Waals surface area contributed by atoms with Gasteiger partial charge in [-0.2, -0.15) is 0 Å². The fraction of sp³-hybridized carbons (Fsp3) is 0.400. The van der Waals surface area contributed by atoms with E-state index in [1.807, 2.05) is 22.9 Å². The summed E-state index contributed by atoms with van der Waals surface area (Å²) in [6.45, 7) is 2.66. The lowest BCUT2D eigenvalue weighted by Gasteiger charge is -2.06. The molecule has 5 heteroatoms. The average Bonchev–Trinajstić information content (AvgIpc) is 3.00. The number of nitrogens with zero attached hydrogens (tertiary/aromatic N) is 3. The van der Waals surface area contributed by atoms with Gasteiger partial charge in [0, 0.05) is 31.6 Å². The first kappa shape index (κ1) is 14.2. The van der Waals surface area contributed by atoms with Crippen LogP contribution in [0.4, 0.5) is 0 Å². The summed E-state index contributed by atoms with van der Waals surface area (Å²) in [5.41, 5.74) is 0.998. The van der Waals surface area contributed by atoms with E-state index < -0.39 is 0 Å². The van der Waals surface area contributed by atoms with Gasteiger partial charge in [0.15, 0.2) is 0 Å². The van der Waals surface area contributed by atoms with Gasteiger partial charge in [0.2, 0.25) is 5.91 Å². The van der Waals surface area contributed by atoms with Crippen molar-refractivity contribution < 1.29 is 4.79 Å². The zero-order chi connectivity index (χ0) is 14.2. The molecule has 0 aliphatic carbocycles. The molecule has 0 bridgehead atoms. The number of hydrogen-bond acceptors (Lipinski definition) is 3. The Balaban J connectivity index is 1.81. The first-order valence-electron chi connectivity index (χ1n) is 6.99. The van der Waals surface area contributed by atoms with Crippen LogP contribution in [0, 0.1) is 0 Å². The Hall–Kier alpha value is -2.17. The molecule has 0 saturated carbocycles. The smallest absolute Gasteiger partial charge is 0.220 e. The Kier molecular flexibility index (Phi) is 5.29. The molecule has 0 atom stereocenters. The predicted octanol–water partition coefficient (Wildman–Crippen LogP) is 2.46. The largest absolute Gasteiger partial charge is 0.352 e. The van der Waals surface area contributed by atoms with E-state index in [0.29, 0.717) is 13.0 Å². The molecular formula is C15H20N4O. The second-order valence-electron chi connectivity index (χ2n) is 4.73. The van der Waals surface area contributed by atoms with E-state index in [-0.39, 0.29) is 5.91 Å². The number of hydrogen-bond donors (Lipinski definition) is 1. The zero-order valence-electron chi connectivity index (χ0n) is 11.7. The van der Waals surface area contributed by atoms with Crippen molar-refractivity contribution in [3.8, 4) is 5.82 Å². The van der Waals surface area contributed by atoms with Crippen LogP contribution >= 0.6 is 0 Å². The van der Waals surface area contributed by atoms with E-state index in [9.17, 15) is 4.79 Å². The highest BCUT2D eigenvalue weighted by atomic mass is 16.1. The van der Waals surface area contributed by atoms with Crippen LogP contribution in [0.1, 0.15) is 38.2 Å². The highest BCUT2D eigenvalue weighted by Crippen LogP contribution is 2.05. The first-order valence-corrected chi connectivity index (χ1v) is 6.99. The summed E-state index contributed by atoms with van der Waals surface area (Å²) in [4.78, 5) is 19.9. The number of rotatable bonds is 7. The van der Waals surface area contributed by atoms with Crippen LogP contribution in [0.15, 0.2) is 37.1 Å². The molecule has 1 N–H and O–H groups in total. The Bertz CT molecular complexity index is 519. The van der Waals surface area contributed by atoms with Gasteiger partial charge in [0.1, 0.15) is 12.1 Å². The van der Waals surface area contributed by atoms with Crippen molar-refractivity contribution >= 4 is 5.91 Å². The van der Waals surface area contributed by atoms with Gasteiger partial charge in [0.25, 0.3) is 0 Å². The topological polar surface area (TPSA) is 59.8 Å². The number of aromatic nitrogens is 3. The maximum absolute atomic E-state index is 11.6. The third kappa shape index (κ3) is 4.19. The van der Waals surface area contributed by atoms with Gasteiger partial charge >= 0.3 is 0 Å². The summed E-state index contributed by atoms with van der Waals surface area (Å²) in [6.07, 6.45) is 10.8. The molecule has 106 valence electrons. The van der Waals surface area contributed by atoms with E-state index in [1.165, 1.54) is 0 Å². The molecule has 0 spiro atoms. The molecule has 0 aliphatic heterocycles. The molecule has 0 radical (unpaired) electrons. The molecule has 0 aliphatic rings. The van der Waals surface area contributed by atoms with E-state index in [1.54, 1.807) is 18.7 Å². The molecule has 2 aromatic heterocycles. The lowest BCUT2D eigenvalue weighted by Crippen LogP contribution is -2.22. The maximum atomic E-state index is 11.6. The molecule has 0 fully saturated rings. The Morgan fingerprint density at radius 3 is 2.90 bits per heavy atom. The van der Waals surface area contributed by atoms with Crippen molar-refractivity contribution in [2.24, 2.45) is 0 Å². The molecular weight excluding hydrogens is 252 g/mol. The van der Waals surface area contributed by atoms with E-state index in [4.69, 9.17) is 0 Å². The molecule has 20 heavy (non-hydrogen) atoms. The fourth-order valence-corrected chi connectivity index (χ4v) is 1.89. The van der Waals surface area contributed by atoms with Gasteiger partial charge in [-0.25, -0.2) is 9.97 Å². The first-order chi connectivity index (χ1) is 9.79. The lowest BCUT2D eigenvalue weighted by molar-refractivity contribution is -0.121. The third-order valence-electron chi connectivity index (χ3n) is 3.08. The second kappa shape index (κ2) is 7.43. The van der Waals surface area contributed by atoms with Crippen LogP contribution in [-0.2, 0) is 11.3 Å². The van der Waals surface area contributed by atoms with Crippen molar-refractivity contribution in [2.75, 3.05) is 0 Å². The Labute approximate surface area is 119 Å². The maximum Gasteiger partial charge on any atom is 0.220 e. The average molecular weight is 272 g/mol. The minimum atomic E-state index is 0.108. The van der Waals surface area contributed by atoms with E-state index in [0.717, 1.165) is 30.6 Å². The zero-order valence-corrected chi connectivity index (χ0v) is 11.7. The number of imidazole rings is 1. The van der Waals surface area contributed by atoms with Crippen LogP contribution < -0.4 is 5.32 Å². The van der Waals surface area contributed by atoms with E-state index >= 15 is 0 Å². The molecule has 5 nitrogen and oxygen atoms in total. The summed E-state index contributed by atoms with van der Waals surface area (Å²) in [5, 5.41) is 2.91. The molecule has 2 heterocycles. The minimum Gasteiger partial charge on any atom is -0.352 e. The summed E-state index contributed by atoms with van der Waals surface area (Å²) < 4.78 is 1.84.